The van der Waals surface area contributed by atoms with Gasteiger partial charge >= 0.3 is 6.09 Å². The summed E-state index contributed by atoms with van der Waals surface area (Å²) in [6.45, 7) is 8.52. The van der Waals surface area contributed by atoms with E-state index in [2.05, 4.69) is 27.7 Å². The van der Waals surface area contributed by atoms with E-state index in [0.717, 1.165) is 79.5 Å². The van der Waals surface area contributed by atoms with Gasteiger partial charge in [-0.15, -0.1) is 0 Å². The summed E-state index contributed by atoms with van der Waals surface area (Å²) in [5.41, 5.74) is 3.20. The molecule has 56 heavy (non-hydrogen) atoms. The van der Waals surface area contributed by atoms with E-state index in [1.807, 2.05) is 82.5 Å². The smallest absolute Gasteiger partial charge is 0.408 e. The van der Waals surface area contributed by atoms with E-state index in [9.17, 15) is 9.59 Å². The second-order valence-corrected chi connectivity index (χ2v) is 18.3. The molecule has 3 aromatic carbocycles. The third-order valence-electron chi connectivity index (χ3n) is 14.2. The van der Waals surface area contributed by atoms with Crippen LogP contribution in [-0.4, -0.2) is 80.1 Å². The molecule has 4 saturated carbocycles. The predicted molar refractivity (Wildman–Crippen MR) is 212 cm³/mol. The molecular weight excluding hydrogens is 707 g/mol. The van der Waals surface area contributed by atoms with E-state index >= 15 is 0 Å². The van der Waals surface area contributed by atoms with E-state index < -0.39 is 23.3 Å². The van der Waals surface area contributed by atoms with Gasteiger partial charge in [-0.2, -0.15) is 0 Å². The summed E-state index contributed by atoms with van der Waals surface area (Å²) in [4.78, 5) is 30.1. The highest BCUT2D eigenvalue weighted by atomic mass is 16.6. The van der Waals surface area contributed by atoms with Gasteiger partial charge in [-0.25, -0.2) is 4.79 Å². The first-order valence-corrected chi connectivity index (χ1v) is 20.7. The van der Waals surface area contributed by atoms with Crippen LogP contribution in [0, 0.1) is 17.3 Å². The summed E-state index contributed by atoms with van der Waals surface area (Å²) >= 11 is 0. The lowest BCUT2D eigenvalue weighted by Crippen LogP contribution is -2.81. The van der Waals surface area contributed by atoms with Crippen molar-refractivity contribution in [2.75, 3.05) is 33.9 Å². The molecule has 0 aromatic heterocycles. The minimum absolute atomic E-state index is 0.00475. The third kappa shape index (κ3) is 6.13. The standard InChI is InChI=1S/C46H57N3O7/c1-43(2,3)56-42(51)48-35(23-29-9-7-6-8-10-29)40(50)47-26-33-25-44-19-20-46(33,53-5)41-45(44)21-22-49(27-30-11-12-30)37(44)24-32-15-18-36(39(55-41)38(32)45)54-28-31-13-16-34(52-4)17-14-31/h6-10,13-18,30,33,35,37,41H,11-12,19-28H2,1-5H3,(H,47,50)(H,48,51)/t33-,35+,37-,41?,44-,45+,46?/m1/s1. The SMILES string of the molecule is COc1ccc(COc2ccc3c4c2OC2C5(OC)CC[C@@]6(C[C@@H]5CNC(=O)[C@H](Cc5ccccc5)NC(=O)OC(C)(C)C)[C@@H](C3)N(CC3CC3)CC[C@]426)cc1. The quantitative estimate of drug-likeness (QED) is 0.197. The first-order valence-electron chi connectivity index (χ1n) is 20.7. The molecule has 2 spiro atoms. The number of alkyl carbamates (subject to hydrolysis) is 1. The van der Waals surface area contributed by atoms with E-state index in [1.165, 1.54) is 24.0 Å². The highest BCUT2D eigenvalue weighted by Crippen LogP contribution is 2.76. The van der Waals surface area contributed by atoms with Crippen LogP contribution in [0.1, 0.15) is 81.5 Å². The van der Waals surface area contributed by atoms with E-state index in [-0.39, 0.29) is 28.8 Å². The van der Waals surface area contributed by atoms with Crippen LogP contribution in [-0.2, 0) is 39.1 Å². The van der Waals surface area contributed by atoms with Crippen molar-refractivity contribution >= 4 is 12.0 Å². The fourth-order valence-electron chi connectivity index (χ4n) is 11.6. The number of methoxy groups -OCH3 is 2. The lowest BCUT2D eigenvalue weighted by molar-refractivity contribution is -0.276. The van der Waals surface area contributed by atoms with Crippen LogP contribution in [0.2, 0.25) is 0 Å². The van der Waals surface area contributed by atoms with Crippen LogP contribution in [0.3, 0.4) is 0 Å². The molecule has 2 unspecified atom stereocenters. The number of likely N-dealkylation sites (tertiary alicyclic amines) is 1. The van der Waals surface area contributed by atoms with Crippen molar-refractivity contribution in [3.05, 3.63) is 89.0 Å². The number of nitrogens with one attached hydrogen (secondary N) is 2. The average Bonchev–Trinajstić information content (AvgIpc) is 3.93. The van der Waals surface area contributed by atoms with Gasteiger partial charge in [-0.05, 0) is 113 Å². The lowest BCUT2D eigenvalue weighted by Gasteiger charge is -2.74. The minimum atomic E-state index is -0.806. The van der Waals surface area contributed by atoms with Crippen molar-refractivity contribution in [2.45, 2.75) is 114 Å². The maximum absolute atomic E-state index is 14.2. The molecule has 10 rings (SSSR count). The molecule has 7 atom stereocenters. The topological polar surface area (TPSA) is 108 Å². The number of piperidine rings is 1. The predicted octanol–water partition coefficient (Wildman–Crippen LogP) is 6.75. The van der Waals surface area contributed by atoms with E-state index in [1.54, 1.807) is 7.11 Å². The molecular formula is C46H57N3O7. The zero-order valence-corrected chi connectivity index (χ0v) is 33.5. The van der Waals surface area contributed by atoms with Crippen LogP contribution in [0.25, 0.3) is 0 Å². The van der Waals surface area contributed by atoms with Crippen molar-refractivity contribution < 1.29 is 33.3 Å². The number of hydrogen-bond donors (Lipinski definition) is 2. The normalized spacial score (nSPS) is 30.1. The van der Waals surface area contributed by atoms with Gasteiger partial charge in [0.15, 0.2) is 11.5 Å². The van der Waals surface area contributed by atoms with Crippen molar-refractivity contribution in [3.63, 3.8) is 0 Å². The van der Waals surface area contributed by atoms with Crippen LogP contribution < -0.4 is 24.8 Å². The summed E-state index contributed by atoms with van der Waals surface area (Å²) in [5, 5.41) is 6.21. The number of carbonyl (C=O) groups excluding carboxylic acids is 2. The molecule has 3 aromatic rings. The molecule has 1 saturated heterocycles. The van der Waals surface area contributed by atoms with Gasteiger partial charge in [0.25, 0.3) is 0 Å². The number of hydrogen-bond acceptors (Lipinski definition) is 8. The Bertz CT molecular complexity index is 1960. The van der Waals surface area contributed by atoms with E-state index in [4.69, 9.17) is 23.7 Å². The van der Waals surface area contributed by atoms with E-state index in [0.29, 0.717) is 25.6 Å². The van der Waals surface area contributed by atoms with Gasteiger partial charge in [-0.3, -0.25) is 9.69 Å². The van der Waals surface area contributed by atoms with Crippen molar-refractivity contribution in [1.29, 1.82) is 0 Å². The Hall–Kier alpha value is -4.28. The zero-order valence-electron chi connectivity index (χ0n) is 33.5. The Morgan fingerprint density at radius 2 is 1.75 bits per heavy atom. The highest BCUT2D eigenvalue weighted by Gasteiger charge is 2.80. The van der Waals surface area contributed by atoms with Gasteiger partial charge in [0, 0.05) is 55.0 Å². The van der Waals surface area contributed by atoms with Gasteiger partial charge in [0.2, 0.25) is 5.91 Å². The molecule has 2 heterocycles. The van der Waals surface area contributed by atoms with Crippen molar-refractivity contribution in [2.24, 2.45) is 17.3 Å². The fraction of sp³-hybridized carbons (Fsp3) is 0.565. The van der Waals surface area contributed by atoms with Crippen molar-refractivity contribution in [3.8, 4) is 17.2 Å². The molecule has 10 nitrogen and oxygen atoms in total. The lowest BCUT2D eigenvalue weighted by atomic mass is 9.35. The maximum atomic E-state index is 14.2. The van der Waals surface area contributed by atoms with Gasteiger partial charge in [0.05, 0.1) is 7.11 Å². The third-order valence-corrected chi connectivity index (χ3v) is 14.2. The number of ether oxygens (including phenoxy) is 5. The molecule has 298 valence electrons. The Morgan fingerprint density at radius 1 is 0.964 bits per heavy atom. The molecule has 10 heteroatoms. The van der Waals surface area contributed by atoms with Gasteiger partial charge in [-0.1, -0.05) is 48.5 Å². The number of rotatable bonds is 13. The Balaban J connectivity index is 1.03. The molecule has 5 aliphatic carbocycles. The number of fused-ring (bicyclic) bond motifs is 2. The van der Waals surface area contributed by atoms with Crippen LogP contribution in [0.5, 0.6) is 17.2 Å². The summed E-state index contributed by atoms with van der Waals surface area (Å²) < 4.78 is 31.8. The second kappa shape index (κ2) is 14.0. The summed E-state index contributed by atoms with van der Waals surface area (Å²) in [6, 6.07) is 21.8. The molecule has 2 aliphatic heterocycles. The fourth-order valence-corrected chi connectivity index (χ4v) is 11.6. The molecule has 7 aliphatic rings. The highest BCUT2D eigenvalue weighted by molar-refractivity contribution is 5.86. The Morgan fingerprint density at radius 3 is 2.46 bits per heavy atom. The Kier molecular flexibility index (Phi) is 9.31. The number of nitrogens with zero attached hydrogens (tertiary/aromatic N) is 1. The Labute approximate surface area is 330 Å². The monoisotopic (exact) mass is 763 g/mol. The zero-order chi connectivity index (χ0) is 38.9. The van der Waals surface area contributed by atoms with Crippen molar-refractivity contribution in [1.82, 2.24) is 15.5 Å². The largest absolute Gasteiger partial charge is 0.497 e. The molecule has 4 bridgehead atoms. The first-order chi connectivity index (χ1) is 27.0. The first kappa shape index (κ1) is 37.3. The molecule has 5 fully saturated rings. The number of carbonyl (C=O) groups is 2. The summed E-state index contributed by atoms with van der Waals surface area (Å²) in [6.07, 6.45) is 7.04. The van der Waals surface area contributed by atoms with Crippen LogP contribution in [0.15, 0.2) is 66.7 Å². The van der Waals surface area contributed by atoms with Gasteiger partial charge in [0.1, 0.15) is 35.7 Å². The summed E-state index contributed by atoms with van der Waals surface area (Å²) in [7, 11) is 3.51. The number of benzene rings is 3. The molecule has 2 N–H and O–H groups in total. The molecule has 2 amide bonds. The second-order valence-electron chi connectivity index (χ2n) is 18.3. The maximum Gasteiger partial charge on any atom is 0.408 e. The minimum Gasteiger partial charge on any atom is -0.497 e. The van der Waals surface area contributed by atoms with Crippen LogP contribution in [0.4, 0.5) is 4.79 Å². The molecule has 0 radical (unpaired) electrons. The van der Waals surface area contributed by atoms with Crippen LogP contribution >= 0.6 is 0 Å². The number of amides is 2. The average molecular weight is 764 g/mol. The summed E-state index contributed by atoms with van der Waals surface area (Å²) in [5.74, 6) is 3.05. The van der Waals surface area contributed by atoms with Gasteiger partial charge < -0.3 is 34.3 Å².